The third kappa shape index (κ3) is 5.31. The number of imide groups is 1. The van der Waals surface area contributed by atoms with E-state index < -0.39 is 41.5 Å². The molecule has 2 aliphatic carbocycles. The lowest BCUT2D eigenvalue weighted by Crippen LogP contribution is -2.53. The second kappa shape index (κ2) is 10.0. The van der Waals surface area contributed by atoms with Crippen LogP contribution in [-0.2, 0) is 42.4 Å². The number of carbonyl (C=O) groups is 4. The van der Waals surface area contributed by atoms with Gasteiger partial charge in [-0.1, -0.05) is 34.1 Å². The number of amides is 3. The number of ether oxygens (including phenoxy) is 2. The molecule has 1 spiro atoms. The topological polar surface area (TPSA) is 93.2 Å². The van der Waals surface area contributed by atoms with Gasteiger partial charge < -0.3 is 14.4 Å². The molecule has 10 heteroatoms. The third-order valence-corrected chi connectivity index (χ3v) is 7.99. The predicted molar refractivity (Wildman–Crippen MR) is 142 cm³/mol. The third-order valence-electron chi connectivity index (χ3n) is 7.50. The van der Waals surface area contributed by atoms with E-state index in [4.69, 9.17) is 9.47 Å². The quantitative estimate of drug-likeness (QED) is 0.440. The molecule has 1 saturated carbocycles. The molecule has 0 bridgehead atoms. The Morgan fingerprint density at radius 2 is 1.85 bits per heavy atom. The monoisotopic (exact) mass is 600 g/mol. The number of hydrogen-bond acceptors (Lipinski definition) is 6. The van der Waals surface area contributed by atoms with Gasteiger partial charge in [0, 0.05) is 29.0 Å². The normalized spacial score (nSPS) is 23.9. The molecule has 0 N–H and O–H groups in total. The maximum atomic E-state index is 13.6. The number of hydrogen-bond donors (Lipinski definition) is 0. The number of halogens is 2. The van der Waals surface area contributed by atoms with E-state index >= 15 is 0 Å². The van der Waals surface area contributed by atoms with Crippen molar-refractivity contribution in [3.63, 3.8) is 0 Å². The number of esters is 1. The summed E-state index contributed by atoms with van der Waals surface area (Å²) in [5.41, 5.74) is 0.203. The van der Waals surface area contributed by atoms with Crippen LogP contribution in [0.15, 0.2) is 46.9 Å². The fourth-order valence-electron chi connectivity index (χ4n) is 5.48. The van der Waals surface area contributed by atoms with Crippen molar-refractivity contribution in [1.82, 2.24) is 9.80 Å². The maximum Gasteiger partial charge on any atom is 0.418 e. The molecule has 3 amide bonds. The van der Waals surface area contributed by atoms with Gasteiger partial charge in [-0.2, -0.15) is 0 Å². The van der Waals surface area contributed by atoms with Crippen LogP contribution in [-0.4, -0.2) is 51.9 Å². The first-order chi connectivity index (χ1) is 18.4. The van der Waals surface area contributed by atoms with Gasteiger partial charge in [0.05, 0.1) is 5.92 Å². The van der Waals surface area contributed by atoms with Crippen LogP contribution >= 0.6 is 15.9 Å². The molecular weight excluding hydrogens is 571 g/mol. The van der Waals surface area contributed by atoms with Crippen LogP contribution in [0.25, 0.3) is 0 Å². The van der Waals surface area contributed by atoms with Crippen molar-refractivity contribution in [1.29, 1.82) is 0 Å². The zero-order valence-corrected chi connectivity index (χ0v) is 23.6. The lowest BCUT2D eigenvalue weighted by atomic mass is 9.79. The highest BCUT2D eigenvalue weighted by Crippen LogP contribution is 2.46. The molecule has 5 rings (SSSR count). The predicted octanol–water partition coefficient (Wildman–Crippen LogP) is 4.86. The van der Waals surface area contributed by atoms with E-state index in [0.717, 1.165) is 14.9 Å². The summed E-state index contributed by atoms with van der Waals surface area (Å²) in [6, 6.07) is 11.0. The van der Waals surface area contributed by atoms with Gasteiger partial charge in [0.1, 0.15) is 18.0 Å². The molecule has 2 aromatic rings. The maximum absolute atomic E-state index is 13.6. The second-order valence-corrected chi connectivity index (χ2v) is 12.3. The molecule has 0 radical (unpaired) electrons. The van der Waals surface area contributed by atoms with Crippen molar-refractivity contribution in [2.24, 2.45) is 5.92 Å². The summed E-state index contributed by atoms with van der Waals surface area (Å²) in [4.78, 5) is 55.0. The van der Waals surface area contributed by atoms with Gasteiger partial charge in [0.25, 0.3) is 5.91 Å². The van der Waals surface area contributed by atoms with E-state index in [1.165, 1.54) is 12.1 Å². The molecule has 206 valence electrons. The summed E-state index contributed by atoms with van der Waals surface area (Å²) >= 11 is 3.43. The number of rotatable bonds is 6. The van der Waals surface area contributed by atoms with E-state index in [2.05, 4.69) is 15.9 Å². The highest BCUT2D eigenvalue weighted by Gasteiger charge is 2.58. The molecule has 8 nitrogen and oxygen atoms in total. The van der Waals surface area contributed by atoms with E-state index in [1.54, 1.807) is 49.9 Å². The minimum Gasteiger partial charge on any atom is -0.460 e. The van der Waals surface area contributed by atoms with Crippen molar-refractivity contribution >= 4 is 39.8 Å². The Morgan fingerprint density at radius 3 is 2.51 bits per heavy atom. The number of nitrogens with zero attached hydrogens (tertiary/aromatic N) is 2. The fourth-order valence-corrected chi connectivity index (χ4v) is 5.88. The Kier molecular flexibility index (Phi) is 7.03. The first kappa shape index (κ1) is 27.3. The van der Waals surface area contributed by atoms with Gasteiger partial charge in [-0.25, -0.2) is 14.1 Å². The van der Waals surface area contributed by atoms with Crippen LogP contribution in [0.2, 0.25) is 0 Å². The van der Waals surface area contributed by atoms with Gasteiger partial charge in [-0.3, -0.25) is 14.4 Å². The lowest BCUT2D eigenvalue weighted by molar-refractivity contribution is -0.167. The van der Waals surface area contributed by atoms with Crippen LogP contribution in [0.1, 0.15) is 56.7 Å². The molecule has 2 fully saturated rings. The number of aryl methyl sites for hydroxylation is 1. The molecule has 1 aliphatic heterocycles. The summed E-state index contributed by atoms with van der Waals surface area (Å²) in [7, 11) is 0. The first-order valence-corrected chi connectivity index (χ1v) is 13.8. The average molecular weight is 601 g/mol. The van der Waals surface area contributed by atoms with Crippen LogP contribution in [0.4, 0.5) is 9.18 Å². The summed E-state index contributed by atoms with van der Waals surface area (Å²) < 4.78 is 25.5. The smallest absolute Gasteiger partial charge is 0.418 e. The first-order valence-electron chi connectivity index (χ1n) is 13.0. The van der Waals surface area contributed by atoms with Crippen molar-refractivity contribution < 1.29 is 33.0 Å². The SMILES string of the molecule is CC(C)(C)OC(=O)C1CC(N(Cc2ccc(F)cc2)C(=O)CN2C(=O)OC3(CCc4cc(Br)ccc43)C2=O)C1. The van der Waals surface area contributed by atoms with Crippen LogP contribution in [0.3, 0.4) is 0 Å². The molecule has 3 aliphatic rings. The molecule has 1 atom stereocenters. The molecule has 1 heterocycles. The minimum absolute atomic E-state index is 0.143. The van der Waals surface area contributed by atoms with E-state index in [-0.39, 0.29) is 24.5 Å². The molecule has 0 aromatic heterocycles. The van der Waals surface area contributed by atoms with Crippen LogP contribution < -0.4 is 0 Å². The summed E-state index contributed by atoms with van der Waals surface area (Å²) in [6.07, 6.45) is 0.818. The van der Waals surface area contributed by atoms with Gasteiger partial charge >= 0.3 is 12.1 Å². The van der Waals surface area contributed by atoms with Gasteiger partial charge in [0.2, 0.25) is 11.5 Å². The van der Waals surface area contributed by atoms with Crippen molar-refractivity contribution in [2.75, 3.05) is 6.54 Å². The second-order valence-electron chi connectivity index (χ2n) is 11.4. The highest BCUT2D eigenvalue weighted by atomic mass is 79.9. The molecule has 1 unspecified atom stereocenters. The van der Waals surface area contributed by atoms with E-state index in [9.17, 15) is 23.6 Å². The summed E-state index contributed by atoms with van der Waals surface area (Å²) in [5, 5.41) is 0. The zero-order valence-electron chi connectivity index (χ0n) is 22.0. The fraction of sp³-hybridized carbons (Fsp3) is 0.448. The molecule has 2 aromatic carbocycles. The molecule has 39 heavy (non-hydrogen) atoms. The lowest BCUT2D eigenvalue weighted by Gasteiger charge is -2.42. The Hall–Kier alpha value is -3.27. The number of benzene rings is 2. The van der Waals surface area contributed by atoms with Crippen molar-refractivity contribution in [3.05, 3.63) is 69.4 Å². The Balaban J connectivity index is 1.33. The van der Waals surface area contributed by atoms with Crippen LogP contribution in [0, 0.1) is 11.7 Å². The molecule has 1 saturated heterocycles. The zero-order chi connectivity index (χ0) is 28.1. The van der Waals surface area contributed by atoms with E-state index in [1.807, 2.05) is 6.07 Å². The van der Waals surface area contributed by atoms with Gasteiger partial charge in [0.15, 0.2) is 0 Å². The Morgan fingerprint density at radius 1 is 1.15 bits per heavy atom. The Bertz CT molecular complexity index is 1330. The van der Waals surface area contributed by atoms with Crippen molar-refractivity contribution in [3.8, 4) is 0 Å². The summed E-state index contributed by atoms with van der Waals surface area (Å²) in [5.74, 6) is -2.08. The number of carbonyl (C=O) groups excluding carboxylic acids is 4. The number of fused-ring (bicyclic) bond motifs is 2. The van der Waals surface area contributed by atoms with Gasteiger partial charge in [-0.15, -0.1) is 0 Å². The molecular formula is C29H30BrFN2O6. The van der Waals surface area contributed by atoms with Gasteiger partial charge in [-0.05, 0) is 75.4 Å². The minimum atomic E-state index is -1.42. The van der Waals surface area contributed by atoms with Crippen LogP contribution in [0.5, 0.6) is 0 Å². The van der Waals surface area contributed by atoms with Crippen molar-refractivity contribution in [2.45, 2.75) is 70.2 Å². The highest BCUT2D eigenvalue weighted by molar-refractivity contribution is 9.10. The Labute approximate surface area is 234 Å². The average Bonchev–Trinajstić information content (AvgIpc) is 3.29. The standard InChI is InChI=1S/C29H30BrFN2O6/c1-28(2,3)38-25(35)19-13-22(14-19)32(15-17-4-7-21(31)8-5-17)24(34)16-33-26(36)29(39-27(33)37)11-10-18-12-20(30)6-9-23(18)29/h4-9,12,19,22H,10-11,13-16H2,1-3H3. The van der Waals surface area contributed by atoms with E-state index in [0.29, 0.717) is 36.8 Å². The summed E-state index contributed by atoms with van der Waals surface area (Å²) in [6.45, 7) is 5.05. The largest absolute Gasteiger partial charge is 0.460 e.